The van der Waals surface area contributed by atoms with Gasteiger partial charge in [-0.05, 0) is 0 Å². The maximum absolute atomic E-state index is 11.3. The number of esters is 1. The van der Waals surface area contributed by atoms with Crippen LogP contribution in [0.3, 0.4) is 0 Å². The molecule has 0 atom stereocenters. The predicted octanol–water partition coefficient (Wildman–Crippen LogP) is -0.0624. The quantitative estimate of drug-likeness (QED) is 0.618. The summed E-state index contributed by atoms with van der Waals surface area (Å²) < 4.78 is 5.57. The van der Waals surface area contributed by atoms with Gasteiger partial charge >= 0.3 is 5.97 Å². The van der Waals surface area contributed by atoms with E-state index >= 15 is 0 Å². The third-order valence-electron chi connectivity index (χ3n) is 1.58. The number of fused-ring (bicyclic) bond motifs is 1. The van der Waals surface area contributed by atoms with Gasteiger partial charge in [0.15, 0.2) is 5.69 Å². The van der Waals surface area contributed by atoms with E-state index in [2.05, 4.69) is 14.8 Å². The van der Waals surface area contributed by atoms with E-state index in [-0.39, 0.29) is 5.69 Å². The van der Waals surface area contributed by atoms with Crippen LogP contribution in [0.15, 0.2) is 16.4 Å². The summed E-state index contributed by atoms with van der Waals surface area (Å²) in [7, 11) is 1.23. The van der Waals surface area contributed by atoms with Gasteiger partial charge in [0, 0.05) is 6.07 Å². The molecule has 0 N–H and O–H groups in total. The standard InChI is InChI=1S/C7H5N3O3S/c1-13-6(12)4-2-5(11)10-7(9-4)14-3-8-10/h2-3H,1H3. The maximum atomic E-state index is 11.3. The van der Waals surface area contributed by atoms with Crippen LogP contribution < -0.4 is 5.56 Å². The van der Waals surface area contributed by atoms with Crippen molar-refractivity contribution in [2.45, 2.75) is 0 Å². The fourth-order valence-corrected chi connectivity index (χ4v) is 1.59. The average molecular weight is 211 g/mol. The van der Waals surface area contributed by atoms with Gasteiger partial charge in [0.1, 0.15) is 5.51 Å². The van der Waals surface area contributed by atoms with Crippen molar-refractivity contribution in [3.05, 3.63) is 27.6 Å². The van der Waals surface area contributed by atoms with E-state index in [1.165, 1.54) is 24.0 Å². The minimum Gasteiger partial charge on any atom is -0.464 e. The lowest BCUT2D eigenvalue weighted by atomic mass is 10.4. The number of ether oxygens (including phenoxy) is 1. The highest BCUT2D eigenvalue weighted by Gasteiger charge is 2.11. The van der Waals surface area contributed by atoms with Crippen LogP contribution in [0.5, 0.6) is 0 Å². The molecule has 2 aromatic heterocycles. The van der Waals surface area contributed by atoms with Crippen molar-refractivity contribution in [1.82, 2.24) is 14.6 Å². The van der Waals surface area contributed by atoms with Gasteiger partial charge in [-0.1, -0.05) is 11.3 Å². The molecule has 0 bridgehead atoms. The van der Waals surface area contributed by atoms with Gasteiger partial charge in [0.25, 0.3) is 5.56 Å². The van der Waals surface area contributed by atoms with Crippen LogP contribution in [0.25, 0.3) is 4.96 Å². The number of carbonyl (C=O) groups excluding carboxylic acids is 1. The van der Waals surface area contributed by atoms with Crippen LogP contribution in [0, 0.1) is 0 Å². The molecule has 0 amide bonds. The zero-order chi connectivity index (χ0) is 10.1. The SMILES string of the molecule is COC(=O)c1cc(=O)n2ncsc2n1. The molecule has 6 nitrogen and oxygen atoms in total. The average Bonchev–Trinajstić information content (AvgIpc) is 2.64. The lowest BCUT2D eigenvalue weighted by Crippen LogP contribution is -2.17. The van der Waals surface area contributed by atoms with Gasteiger partial charge in [-0.25, -0.2) is 9.78 Å². The molecule has 0 saturated heterocycles. The van der Waals surface area contributed by atoms with Crippen molar-refractivity contribution < 1.29 is 9.53 Å². The zero-order valence-corrected chi connectivity index (χ0v) is 7.95. The Labute approximate surface area is 81.8 Å². The Hall–Kier alpha value is -1.76. The molecule has 7 heteroatoms. The topological polar surface area (TPSA) is 73.6 Å². The van der Waals surface area contributed by atoms with Crippen molar-refractivity contribution in [1.29, 1.82) is 0 Å². The zero-order valence-electron chi connectivity index (χ0n) is 7.13. The number of rotatable bonds is 1. The summed E-state index contributed by atoms with van der Waals surface area (Å²) in [5.41, 5.74) is 1.09. The van der Waals surface area contributed by atoms with Gasteiger partial charge in [-0.15, -0.1) is 0 Å². The number of carbonyl (C=O) groups is 1. The summed E-state index contributed by atoms with van der Waals surface area (Å²) in [6, 6.07) is 1.10. The number of methoxy groups -OCH3 is 1. The fraction of sp³-hybridized carbons (Fsp3) is 0.143. The van der Waals surface area contributed by atoms with Crippen LogP contribution in [0.2, 0.25) is 0 Å². The molecule has 0 spiro atoms. The Kier molecular flexibility index (Phi) is 2.01. The highest BCUT2D eigenvalue weighted by atomic mass is 32.1. The molecule has 72 valence electrons. The Balaban J connectivity index is 2.70. The van der Waals surface area contributed by atoms with E-state index in [4.69, 9.17) is 0 Å². The Morgan fingerprint density at radius 1 is 1.64 bits per heavy atom. The summed E-state index contributed by atoms with van der Waals surface area (Å²) in [4.78, 5) is 26.7. The van der Waals surface area contributed by atoms with Crippen molar-refractivity contribution in [3.63, 3.8) is 0 Å². The first kappa shape index (κ1) is 8.82. The van der Waals surface area contributed by atoms with Crippen molar-refractivity contribution >= 4 is 22.3 Å². The largest absolute Gasteiger partial charge is 0.464 e. The number of nitrogens with zero attached hydrogens (tertiary/aromatic N) is 3. The van der Waals surface area contributed by atoms with Gasteiger partial charge in [0.2, 0.25) is 4.96 Å². The van der Waals surface area contributed by atoms with E-state index in [1.54, 1.807) is 0 Å². The molecule has 0 aromatic carbocycles. The van der Waals surface area contributed by atoms with Crippen LogP contribution in [-0.4, -0.2) is 27.7 Å². The minimum atomic E-state index is -0.627. The number of hydrogen-bond acceptors (Lipinski definition) is 6. The molecule has 0 fully saturated rings. The fourth-order valence-electron chi connectivity index (χ4n) is 0.965. The third-order valence-corrected chi connectivity index (χ3v) is 2.26. The van der Waals surface area contributed by atoms with E-state index in [0.29, 0.717) is 4.96 Å². The highest BCUT2D eigenvalue weighted by Crippen LogP contribution is 2.04. The van der Waals surface area contributed by atoms with Crippen LogP contribution >= 0.6 is 11.3 Å². The summed E-state index contributed by atoms with van der Waals surface area (Å²) in [5.74, 6) is -0.627. The smallest absolute Gasteiger partial charge is 0.356 e. The Morgan fingerprint density at radius 3 is 3.14 bits per heavy atom. The molecule has 0 saturated carbocycles. The van der Waals surface area contributed by atoms with E-state index in [0.717, 1.165) is 10.6 Å². The van der Waals surface area contributed by atoms with E-state index < -0.39 is 11.5 Å². The van der Waals surface area contributed by atoms with E-state index in [1.807, 2.05) is 0 Å². The first-order valence-electron chi connectivity index (χ1n) is 3.64. The Morgan fingerprint density at radius 2 is 2.43 bits per heavy atom. The summed E-state index contributed by atoms with van der Waals surface area (Å²) in [5, 5.41) is 3.75. The normalized spacial score (nSPS) is 10.4. The maximum Gasteiger partial charge on any atom is 0.356 e. The van der Waals surface area contributed by atoms with Crippen LogP contribution in [0.1, 0.15) is 10.5 Å². The summed E-state index contributed by atoms with van der Waals surface area (Å²) in [6.45, 7) is 0. The van der Waals surface area contributed by atoms with Crippen LogP contribution in [0.4, 0.5) is 0 Å². The molecular formula is C7H5N3O3S. The second-order valence-electron chi connectivity index (χ2n) is 2.40. The molecule has 14 heavy (non-hydrogen) atoms. The molecule has 2 aromatic rings. The lowest BCUT2D eigenvalue weighted by molar-refractivity contribution is 0.0594. The molecule has 0 aliphatic heterocycles. The minimum absolute atomic E-state index is 0.00162. The van der Waals surface area contributed by atoms with Gasteiger partial charge in [-0.2, -0.15) is 9.61 Å². The second kappa shape index (κ2) is 3.18. The molecule has 0 aliphatic rings. The molecular weight excluding hydrogens is 206 g/mol. The third kappa shape index (κ3) is 1.27. The predicted molar refractivity (Wildman–Crippen MR) is 48.5 cm³/mol. The summed E-state index contributed by atoms with van der Waals surface area (Å²) >= 11 is 1.18. The second-order valence-corrected chi connectivity index (χ2v) is 3.22. The Bertz CT molecular complexity index is 544. The van der Waals surface area contributed by atoms with Crippen molar-refractivity contribution in [2.75, 3.05) is 7.11 Å². The van der Waals surface area contributed by atoms with E-state index in [9.17, 15) is 9.59 Å². The first-order chi connectivity index (χ1) is 6.72. The van der Waals surface area contributed by atoms with Crippen LogP contribution in [-0.2, 0) is 4.74 Å². The lowest BCUT2D eigenvalue weighted by Gasteiger charge is -1.96. The highest BCUT2D eigenvalue weighted by molar-refractivity contribution is 7.14. The molecule has 2 heterocycles. The summed E-state index contributed by atoms with van der Waals surface area (Å²) in [6.07, 6.45) is 0. The number of aromatic nitrogens is 3. The van der Waals surface area contributed by atoms with Gasteiger partial charge in [-0.3, -0.25) is 4.79 Å². The molecule has 2 rings (SSSR count). The van der Waals surface area contributed by atoms with Crippen molar-refractivity contribution in [3.8, 4) is 0 Å². The van der Waals surface area contributed by atoms with Gasteiger partial charge in [0.05, 0.1) is 7.11 Å². The first-order valence-corrected chi connectivity index (χ1v) is 4.52. The van der Waals surface area contributed by atoms with Crippen molar-refractivity contribution in [2.24, 2.45) is 0 Å². The number of hydrogen-bond donors (Lipinski definition) is 0. The van der Waals surface area contributed by atoms with Gasteiger partial charge < -0.3 is 4.74 Å². The molecule has 0 unspecified atom stereocenters. The molecule has 0 aliphatic carbocycles. The monoisotopic (exact) mass is 211 g/mol. The molecule has 0 radical (unpaired) electrons.